The molecular weight excluding hydrogens is 590 g/mol. The SMILES string of the molecule is O=C(CNC(=O)c1ccc(C2=NOC(c3cc(Cl)cc(C(F)(F)F)c3)(C(F)(F)F)C2)c2ccccc12)NCC(F)F. The topological polar surface area (TPSA) is 79.8 Å². The van der Waals surface area contributed by atoms with Crippen LogP contribution in [0.3, 0.4) is 0 Å². The van der Waals surface area contributed by atoms with Crippen molar-refractivity contribution in [3.05, 3.63) is 81.9 Å². The number of hydrogen-bond acceptors (Lipinski definition) is 4. The zero-order valence-electron chi connectivity index (χ0n) is 20.5. The minimum atomic E-state index is -5.22. The van der Waals surface area contributed by atoms with E-state index in [0.717, 1.165) is 6.07 Å². The van der Waals surface area contributed by atoms with Gasteiger partial charge in [0.1, 0.15) is 0 Å². The number of rotatable bonds is 7. The van der Waals surface area contributed by atoms with Gasteiger partial charge in [0.25, 0.3) is 17.9 Å². The average Bonchev–Trinajstić information content (AvgIpc) is 3.36. The van der Waals surface area contributed by atoms with Crippen molar-refractivity contribution in [2.75, 3.05) is 13.1 Å². The zero-order chi connectivity index (χ0) is 30.2. The summed E-state index contributed by atoms with van der Waals surface area (Å²) in [6.45, 7) is -1.52. The molecule has 0 fully saturated rings. The molecule has 4 rings (SSSR count). The summed E-state index contributed by atoms with van der Waals surface area (Å²) in [7, 11) is 0. The van der Waals surface area contributed by atoms with Gasteiger partial charge in [-0.2, -0.15) is 26.3 Å². The van der Waals surface area contributed by atoms with Gasteiger partial charge in [-0.1, -0.05) is 47.1 Å². The van der Waals surface area contributed by atoms with E-state index in [-0.39, 0.29) is 27.6 Å². The Bertz CT molecular complexity index is 1520. The Hall–Kier alpha value is -3.94. The number of nitrogens with one attached hydrogen (secondary N) is 2. The number of benzene rings is 3. The predicted octanol–water partition coefficient (Wildman–Crippen LogP) is 6.21. The fourth-order valence-electron chi connectivity index (χ4n) is 4.29. The Morgan fingerprint density at radius 1 is 0.976 bits per heavy atom. The van der Waals surface area contributed by atoms with Gasteiger partial charge in [0.2, 0.25) is 5.91 Å². The average molecular weight is 608 g/mol. The lowest BCUT2D eigenvalue weighted by Gasteiger charge is -2.30. The number of alkyl halides is 8. The molecule has 3 aromatic rings. The molecule has 0 bridgehead atoms. The summed E-state index contributed by atoms with van der Waals surface area (Å²) in [4.78, 5) is 29.3. The molecule has 0 aliphatic carbocycles. The maximum absolute atomic E-state index is 14.4. The first-order valence-electron chi connectivity index (χ1n) is 11.7. The van der Waals surface area contributed by atoms with Crippen molar-refractivity contribution in [2.45, 2.75) is 30.8 Å². The highest BCUT2D eigenvalue weighted by atomic mass is 35.5. The molecule has 0 saturated carbocycles. The largest absolute Gasteiger partial charge is 0.435 e. The van der Waals surface area contributed by atoms with E-state index < -0.39 is 71.9 Å². The molecule has 1 aliphatic heterocycles. The lowest BCUT2D eigenvalue weighted by atomic mass is 9.84. The number of hydrogen-bond donors (Lipinski definition) is 2. The second-order valence-electron chi connectivity index (χ2n) is 8.94. The van der Waals surface area contributed by atoms with Gasteiger partial charge < -0.3 is 15.5 Å². The Balaban J connectivity index is 1.67. The lowest BCUT2D eigenvalue weighted by Crippen LogP contribution is -2.43. The van der Waals surface area contributed by atoms with E-state index in [4.69, 9.17) is 16.4 Å². The van der Waals surface area contributed by atoms with E-state index in [9.17, 15) is 44.7 Å². The number of halogens is 9. The second kappa shape index (κ2) is 11.1. The fourth-order valence-corrected chi connectivity index (χ4v) is 4.53. The van der Waals surface area contributed by atoms with Crippen molar-refractivity contribution in [3.8, 4) is 0 Å². The van der Waals surface area contributed by atoms with E-state index >= 15 is 0 Å². The zero-order valence-corrected chi connectivity index (χ0v) is 21.2. The molecule has 41 heavy (non-hydrogen) atoms. The summed E-state index contributed by atoms with van der Waals surface area (Å²) in [5, 5.41) is 7.71. The predicted molar refractivity (Wildman–Crippen MR) is 132 cm³/mol. The van der Waals surface area contributed by atoms with Crippen LogP contribution in [0.5, 0.6) is 0 Å². The van der Waals surface area contributed by atoms with E-state index in [2.05, 4.69) is 10.5 Å². The monoisotopic (exact) mass is 607 g/mol. The van der Waals surface area contributed by atoms with Gasteiger partial charge >= 0.3 is 12.4 Å². The molecule has 2 amide bonds. The highest BCUT2D eigenvalue weighted by Gasteiger charge is 2.62. The first kappa shape index (κ1) is 30.0. The van der Waals surface area contributed by atoms with Crippen molar-refractivity contribution < 1.29 is 49.5 Å². The van der Waals surface area contributed by atoms with Gasteiger partial charge in [-0.15, -0.1) is 0 Å². The molecule has 0 spiro atoms. The summed E-state index contributed by atoms with van der Waals surface area (Å²) >= 11 is 5.75. The molecule has 218 valence electrons. The van der Waals surface area contributed by atoms with Crippen LogP contribution in [0.2, 0.25) is 5.02 Å². The van der Waals surface area contributed by atoms with E-state index in [1.54, 1.807) is 0 Å². The number of nitrogens with zero attached hydrogens (tertiary/aromatic N) is 1. The van der Waals surface area contributed by atoms with Crippen LogP contribution in [0.4, 0.5) is 35.1 Å². The number of amides is 2. The fraction of sp³-hybridized carbons (Fsp3) is 0.269. The van der Waals surface area contributed by atoms with Crippen LogP contribution in [-0.4, -0.2) is 43.2 Å². The Morgan fingerprint density at radius 3 is 2.29 bits per heavy atom. The Kier molecular flexibility index (Phi) is 8.16. The molecule has 1 atom stereocenters. The van der Waals surface area contributed by atoms with Gasteiger partial charge in [0.15, 0.2) is 0 Å². The molecule has 0 radical (unpaired) electrons. The third-order valence-corrected chi connectivity index (χ3v) is 6.44. The van der Waals surface area contributed by atoms with Crippen molar-refractivity contribution in [1.82, 2.24) is 10.6 Å². The second-order valence-corrected chi connectivity index (χ2v) is 9.38. The first-order valence-corrected chi connectivity index (χ1v) is 12.1. The maximum atomic E-state index is 14.4. The van der Waals surface area contributed by atoms with Crippen LogP contribution in [0.25, 0.3) is 10.8 Å². The van der Waals surface area contributed by atoms with E-state index in [0.29, 0.717) is 12.1 Å². The molecular formula is C26H18ClF8N3O3. The van der Waals surface area contributed by atoms with Crippen LogP contribution >= 0.6 is 11.6 Å². The molecule has 15 heteroatoms. The van der Waals surface area contributed by atoms with Crippen molar-refractivity contribution >= 4 is 39.9 Å². The number of carbonyl (C=O) groups is 2. The molecule has 3 aromatic carbocycles. The molecule has 2 N–H and O–H groups in total. The third-order valence-electron chi connectivity index (χ3n) is 6.22. The highest BCUT2D eigenvalue weighted by molar-refractivity contribution is 6.30. The lowest BCUT2D eigenvalue weighted by molar-refractivity contribution is -0.276. The summed E-state index contributed by atoms with van der Waals surface area (Å²) in [5.74, 6) is -1.64. The van der Waals surface area contributed by atoms with Crippen molar-refractivity contribution in [3.63, 3.8) is 0 Å². The highest BCUT2D eigenvalue weighted by Crippen LogP contribution is 2.50. The molecule has 1 unspecified atom stereocenters. The normalized spacial score (nSPS) is 17.4. The standard InChI is InChI=1S/C26H18ClF8N3O3/c27-15-8-13(7-14(9-15)25(30,31)32)24(26(33,34)35)10-20(38-41-24)18-5-6-19(17-4-2-1-3-16(17)18)23(40)37-12-22(39)36-11-21(28)29/h1-9,21H,10-12H2,(H,36,39)(H,37,40). The number of fused-ring (bicyclic) bond motifs is 1. The summed E-state index contributed by atoms with van der Waals surface area (Å²) in [5.41, 5.74) is -5.72. The molecule has 0 aromatic heterocycles. The van der Waals surface area contributed by atoms with Gasteiger partial charge in [0.05, 0.1) is 24.4 Å². The minimum Gasteiger partial charge on any atom is -0.374 e. The maximum Gasteiger partial charge on any atom is 0.435 e. The quantitative estimate of drug-likeness (QED) is 0.314. The molecule has 1 heterocycles. The van der Waals surface area contributed by atoms with Crippen molar-refractivity contribution in [1.29, 1.82) is 0 Å². The van der Waals surface area contributed by atoms with Crippen LogP contribution in [0.15, 0.2) is 59.8 Å². The summed E-state index contributed by atoms with van der Waals surface area (Å²) in [6, 6.07) is 10.1. The molecule has 6 nitrogen and oxygen atoms in total. The van der Waals surface area contributed by atoms with Crippen LogP contribution < -0.4 is 10.6 Å². The van der Waals surface area contributed by atoms with Crippen LogP contribution in [0, 0.1) is 0 Å². The van der Waals surface area contributed by atoms with Crippen LogP contribution in [-0.2, 0) is 21.4 Å². The minimum absolute atomic E-state index is 0.0114. The van der Waals surface area contributed by atoms with Crippen molar-refractivity contribution in [2.24, 2.45) is 5.16 Å². The van der Waals surface area contributed by atoms with Gasteiger partial charge in [-0.3, -0.25) is 9.59 Å². The first-order chi connectivity index (χ1) is 19.1. The third kappa shape index (κ3) is 6.21. The number of oxime groups is 1. The van der Waals surface area contributed by atoms with Gasteiger partial charge in [-0.25, -0.2) is 8.78 Å². The smallest absolute Gasteiger partial charge is 0.374 e. The van der Waals surface area contributed by atoms with Gasteiger partial charge in [-0.05, 0) is 35.0 Å². The Labute approximate surface area is 231 Å². The van der Waals surface area contributed by atoms with Crippen LogP contribution in [0.1, 0.15) is 33.5 Å². The molecule has 0 saturated heterocycles. The summed E-state index contributed by atoms with van der Waals surface area (Å²) in [6.07, 6.45) is -14.0. The molecule has 1 aliphatic rings. The Morgan fingerprint density at radius 2 is 1.66 bits per heavy atom. The summed E-state index contributed by atoms with van der Waals surface area (Å²) < 4.78 is 108. The van der Waals surface area contributed by atoms with E-state index in [1.165, 1.54) is 36.4 Å². The number of carbonyl (C=O) groups excluding carboxylic acids is 2. The van der Waals surface area contributed by atoms with E-state index in [1.807, 2.05) is 5.32 Å². The van der Waals surface area contributed by atoms with Gasteiger partial charge in [0, 0.05) is 28.1 Å².